The van der Waals surface area contributed by atoms with Gasteiger partial charge in [-0.15, -0.1) is 0 Å². The van der Waals surface area contributed by atoms with Crippen LogP contribution < -0.4 is 10.6 Å². The first-order chi connectivity index (χ1) is 10.1. The number of benzene rings is 2. The van der Waals surface area contributed by atoms with Crippen LogP contribution in [0.4, 0.5) is 10.5 Å². The van der Waals surface area contributed by atoms with E-state index in [0.29, 0.717) is 11.6 Å². The number of carbonyl (C=O) groups is 1. The van der Waals surface area contributed by atoms with Gasteiger partial charge in [0.1, 0.15) is 0 Å². The lowest BCUT2D eigenvalue weighted by atomic mass is 10.1. The zero-order valence-electron chi connectivity index (χ0n) is 11.4. The van der Waals surface area contributed by atoms with Gasteiger partial charge in [-0.25, -0.2) is 4.79 Å². The van der Waals surface area contributed by atoms with E-state index in [-0.39, 0.29) is 6.03 Å². The second kappa shape index (κ2) is 7.91. The molecule has 2 rings (SSSR count). The van der Waals surface area contributed by atoms with Crippen molar-refractivity contribution >= 4 is 34.9 Å². The monoisotopic (exact) mass is 322 g/mol. The van der Waals surface area contributed by atoms with Crippen molar-refractivity contribution in [2.75, 3.05) is 11.9 Å². The Balaban J connectivity index is 1.67. The third-order valence-corrected chi connectivity index (χ3v) is 3.45. The average molecular weight is 323 g/mol. The van der Waals surface area contributed by atoms with E-state index >= 15 is 0 Å². The minimum atomic E-state index is -0.214. The molecule has 2 N–H and O–H groups in total. The zero-order valence-corrected chi connectivity index (χ0v) is 12.9. The highest BCUT2D eigenvalue weighted by Gasteiger charge is 2.01. The van der Waals surface area contributed by atoms with E-state index in [9.17, 15) is 4.79 Å². The summed E-state index contributed by atoms with van der Waals surface area (Å²) in [5.41, 5.74) is 1.92. The van der Waals surface area contributed by atoms with Gasteiger partial charge in [-0.05, 0) is 54.8 Å². The lowest BCUT2D eigenvalue weighted by molar-refractivity contribution is 0.252. The Morgan fingerprint density at radius 1 is 0.905 bits per heavy atom. The van der Waals surface area contributed by atoms with Crippen LogP contribution in [0.5, 0.6) is 0 Å². The maximum absolute atomic E-state index is 11.7. The number of nitrogens with one attached hydrogen (secondary N) is 2. The molecule has 0 fully saturated rings. The SMILES string of the molecule is O=C(NCCCc1ccc(Cl)cc1)Nc1ccc(Cl)cc1. The van der Waals surface area contributed by atoms with Crippen molar-refractivity contribution in [3.05, 3.63) is 64.1 Å². The fraction of sp³-hybridized carbons (Fsp3) is 0.188. The molecule has 0 aliphatic carbocycles. The minimum absolute atomic E-state index is 0.214. The number of rotatable bonds is 5. The predicted molar refractivity (Wildman–Crippen MR) is 88.2 cm³/mol. The molecule has 0 saturated carbocycles. The molecule has 0 aliphatic rings. The summed E-state index contributed by atoms with van der Waals surface area (Å²) >= 11 is 11.6. The molecule has 0 saturated heterocycles. The van der Waals surface area contributed by atoms with E-state index in [2.05, 4.69) is 10.6 Å². The van der Waals surface area contributed by atoms with Crippen molar-refractivity contribution in [1.82, 2.24) is 5.32 Å². The lowest BCUT2D eigenvalue weighted by Crippen LogP contribution is -2.29. The number of halogens is 2. The maximum atomic E-state index is 11.7. The molecule has 2 amide bonds. The van der Waals surface area contributed by atoms with Crippen LogP contribution in [-0.2, 0) is 6.42 Å². The van der Waals surface area contributed by atoms with Gasteiger partial charge in [0, 0.05) is 22.3 Å². The Labute approximate surface area is 134 Å². The summed E-state index contributed by atoms with van der Waals surface area (Å²) in [5.74, 6) is 0. The number of anilines is 1. The van der Waals surface area contributed by atoms with Crippen molar-refractivity contribution in [3.8, 4) is 0 Å². The molecule has 0 bridgehead atoms. The largest absolute Gasteiger partial charge is 0.338 e. The lowest BCUT2D eigenvalue weighted by Gasteiger charge is -2.07. The van der Waals surface area contributed by atoms with Crippen molar-refractivity contribution < 1.29 is 4.79 Å². The summed E-state index contributed by atoms with van der Waals surface area (Å²) < 4.78 is 0. The van der Waals surface area contributed by atoms with E-state index in [4.69, 9.17) is 23.2 Å². The maximum Gasteiger partial charge on any atom is 0.319 e. The van der Waals surface area contributed by atoms with Crippen LogP contribution in [0.2, 0.25) is 10.0 Å². The standard InChI is InChI=1S/C16H16Cl2N2O/c17-13-5-3-12(4-6-13)2-1-11-19-16(21)20-15-9-7-14(18)8-10-15/h3-10H,1-2,11H2,(H2,19,20,21). The van der Waals surface area contributed by atoms with Gasteiger partial charge in [0.05, 0.1) is 0 Å². The second-order valence-corrected chi connectivity index (χ2v) is 5.49. The Hall–Kier alpha value is -1.71. The molecule has 5 heteroatoms. The smallest absolute Gasteiger partial charge is 0.319 e. The third kappa shape index (κ3) is 5.66. The van der Waals surface area contributed by atoms with Crippen LogP contribution in [0.3, 0.4) is 0 Å². The molecule has 110 valence electrons. The van der Waals surface area contributed by atoms with Gasteiger partial charge in [0.2, 0.25) is 0 Å². The highest BCUT2D eigenvalue weighted by Crippen LogP contribution is 2.13. The molecule has 0 atom stereocenters. The predicted octanol–water partition coefficient (Wildman–Crippen LogP) is 4.75. The summed E-state index contributed by atoms with van der Waals surface area (Å²) in [6.07, 6.45) is 1.77. The molecule has 0 aromatic heterocycles. The number of aryl methyl sites for hydroxylation is 1. The molecule has 2 aromatic rings. The number of carbonyl (C=O) groups excluding carboxylic acids is 1. The van der Waals surface area contributed by atoms with Crippen LogP contribution in [0.25, 0.3) is 0 Å². The molecule has 0 spiro atoms. The Kier molecular flexibility index (Phi) is 5.90. The first kappa shape index (κ1) is 15.7. The van der Waals surface area contributed by atoms with Gasteiger partial charge in [0.15, 0.2) is 0 Å². The highest BCUT2D eigenvalue weighted by molar-refractivity contribution is 6.30. The molecule has 0 unspecified atom stereocenters. The summed E-state index contributed by atoms with van der Waals surface area (Å²) in [6, 6.07) is 14.5. The van der Waals surface area contributed by atoms with Crippen LogP contribution in [0, 0.1) is 0 Å². The number of hydrogen-bond acceptors (Lipinski definition) is 1. The quantitative estimate of drug-likeness (QED) is 0.766. The Morgan fingerprint density at radius 2 is 1.48 bits per heavy atom. The normalized spacial score (nSPS) is 10.2. The van der Waals surface area contributed by atoms with Crippen LogP contribution >= 0.6 is 23.2 Å². The summed E-state index contributed by atoms with van der Waals surface area (Å²) in [7, 11) is 0. The molecular weight excluding hydrogens is 307 g/mol. The molecule has 0 radical (unpaired) electrons. The number of hydrogen-bond donors (Lipinski definition) is 2. The Morgan fingerprint density at radius 3 is 2.10 bits per heavy atom. The molecule has 21 heavy (non-hydrogen) atoms. The highest BCUT2D eigenvalue weighted by atomic mass is 35.5. The topological polar surface area (TPSA) is 41.1 Å². The van der Waals surface area contributed by atoms with E-state index in [1.807, 2.05) is 24.3 Å². The number of urea groups is 1. The molecule has 2 aromatic carbocycles. The van der Waals surface area contributed by atoms with E-state index < -0.39 is 0 Å². The third-order valence-electron chi connectivity index (χ3n) is 2.94. The van der Waals surface area contributed by atoms with Crippen LogP contribution in [0.15, 0.2) is 48.5 Å². The van der Waals surface area contributed by atoms with Gasteiger partial charge in [-0.1, -0.05) is 35.3 Å². The van der Waals surface area contributed by atoms with Crippen molar-refractivity contribution in [3.63, 3.8) is 0 Å². The second-order valence-electron chi connectivity index (χ2n) is 4.62. The molecule has 0 heterocycles. The van der Waals surface area contributed by atoms with Gasteiger partial charge < -0.3 is 10.6 Å². The van der Waals surface area contributed by atoms with Crippen LogP contribution in [0.1, 0.15) is 12.0 Å². The first-order valence-electron chi connectivity index (χ1n) is 6.68. The van der Waals surface area contributed by atoms with Crippen LogP contribution in [-0.4, -0.2) is 12.6 Å². The van der Waals surface area contributed by atoms with Crippen molar-refractivity contribution in [1.29, 1.82) is 0 Å². The van der Waals surface area contributed by atoms with Gasteiger partial charge in [-0.3, -0.25) is 0 Å². The van der Waals surface area contributed by atoms with Crippen molar-refractivity contribution in [2.45, 2.75) is 12.8 Å². The molecule has 3 nitrogen and oxygen atoms in total. The summed E-state index contributed by atoms with van der Waals surface area (Å²) in [4.78, 5) is 11.7. The van der Waals surface area contributed by atoms with Gasteiger partial charge >= 0.3 is 6.03 Å². The first-order valence-corrected chi connectivity index (χ1v) is 7.44. The van der Waals surface area contributed by atoms with Crippen molar-refractivity contribution in [2.24, 2.45) is 0 Å². The zero-order chi connectivity index (χ0) is 15.1. The fourth-order valence-corrected chi connectivity index (χ4v) is 2.11. The van der Waals surface area contributed by atoms with Gasteiger partial charge in [0.25, 0.3) is 0 Å². The number of amides is 2. The summed E-state index contributed by atoms with van der Waals surface area (Å²) in [6.45, 7) is 0.613. The Bertz CT molecular complexity index is 582. The molecule has 0 aliphatic heterocycles. The summed E-state index contributed by atoms with van der Waals surface area (Å²) in [5, 5.41) is 6.95. The van der Waals surface area contributed by atoms with Gasteiger partial charge in [-0.2, -0.15) is 0 Å². The minimum Gasteiger partial charge on any atom is -0.338 e. The van der Waals surface area contributed by atoms with E-state index in [1.54, 1.807) is 24.3 Å². The van der Waals surface area contributed by atoms with E-state index in [0.717, 1.165) is 23.6 Å². The fourth-order valence-electron chi connectivity index (χ4n) is 1.85. The average Bonchev–Trinajstić information content (AvgIpc) is 2.48. The van der Waals surface area contributed by atoms with E-state index in [1.165, 1.54) is 5.56 Å². The molecular formula is C16H16Cl2N2O.